The van der Waals surface area contributed by atoms with Crippen LogP contribution in [0.15, 0.2) is 0 Å². The highest BCUT2D eigenvalue weighted by molar-refractivity contribution is 5.81. The monoisotopic (exact) mass is 393 g/mol. The van der Waals surface area contributed by atoms with Crippen LogP contribution in [-0.4, -0.2) is 52.8 Å². The summed E-state index contributed by atoms with van der Waals surface area (Å²) in [7, 11) is 0. The van der Waals surface area contributed by atoms with Crippen LogP contribution in [0.5, 0.6) is 0 Å². The molecule has 1 saturated heterocycles. The highest BCUT2D eigenvalue weighted by atomic mass is 16.6. The molecule has 8 nitrogen and oxygen atoms in total. The van der Waals surface area contributed by atoms with Gasteiger partial charge >= 0.3 is 12.2 Å². The van der Waals surface area contributed by atoms with Crippen LogP contribution in [0.2, 0.25) is 0 Å². The molecular formula is C20H31N3O5. The number of ether oxygens (including phenoxy) is 1. The lowest BCUT2D eigenvalue weighted by Crippen LogP contribution is -2.62. The number of likely N-dealkylation sites (tertiary alicyclic amines) is 1. The van der Waals surface area contributed by atoms with Gasteiger partial charge in [-0.05, 0) is 76.0 Å². The SMILES string of the molecule is CC(C)OC(=O)NC1CCN(C(=O)O)[C@@H]1C1C2CC3CC1CC(C(N)=O)(C3)C2. The van der Waals surface area contributed by atoms with Crippen LogP contribution in [-0.2, 0) is 9.53 Å². The molecule has 0 radical (unpaired) electrons. The maximum atomic E-state index is 12.2. The molecule has 0 aromatic carbocycles. The molecule has 4 aliphatic carbocycles. The largest absolute Gasteiger partial charge is 0.465 e. The molecule has 156 valence electrons. The van der Waals surface area contributed by atoms with E-state index in [1.54, 1.807) is 13.8 Å². The molecule has 5 aliphatic rings. The van der Waals surface area contributed by atoms with Crippen LogP contribution in [0, 0.1) is 29.1 Å². The van der Waals surface area contributed by atoms with E-state index in [0.29, 0.717) is 18.9 Å². The summed E-state index contributed by atoms with van der Waals surface area (Å²) in [4.78, 5) is 37.8. The van der Waals surface area contributed by atoms with Crippen molar-refractivity contribution in [2.24, 2.45) is 34.8 Å². The van der Waals surface area contributed by atoms with Crippen molar-refractivity contribution in [1.82, 2.24) is 10.2 Å². The average molecular weight is 393 g/mol. The van der Waals surface area contributed by atoms with Gasteiger partial charge in [-0.3, -0.25) is 4.79 Å². The molecule has 1 heterocycles. The molecule has 0 spiro atoms. The Labute approximate surface area is 165 Å². The molecule has 8 heteroatoms. The van der Waals surface area contributed by atoms with E-state index in [-0.39, 0.29) is 41.8 Å². The van der Waals surface area contributed by atoms with Gasteiger partial charge in [-0.15, -0.1) is 0 Å². The first-order chi connectivity index (χ1) is 13.2. The maximum Gasteiger partial charge on any atom is 0.407 e. The second-order valence-electron chi connectivity index (χ2n) is 9.65. The molecule has 5 fully saturated rings. The maximum absolute atomic E-state index is 12.2. The summed E-state index contributed by atoms with van der Waals surface area (Å²) in [6.45, 7) is 3.99. The first kappa shape index (κ1) is 19.3. The van der Waals surface area contributed by atoms with Crippen LogP contribution in [0.25, 0.3) is 0 Å². The topological polar surface area (TPSA) is 122 Å². The summed E-state index contributed by atoms with van der Waals surface area (Å²) in [5.41, 5.74) is 5.38. The summed E-state index contributed by atoms with van der Waals surface area (Å²) in [6.07, 6.45) is 3.39. The predicted molar refractivity (Wildman–Crippen MR) is 100 cm³/mol. The molecule has 4 N–H and O–H groups in total. The zero-order valence-electron chi connectivity index (χ0n) is 16.6. The van der Waals surface area contributed by atoms with E-state index < -0.39 is 17.6 Å². The number of carbonyl (C=O) groups is 3. The zero-order valence-corrected chi connectivity index (χ0v) is 16.6. The Morgan fingerprint density at radius 1 is 1.18 bits per heavy atom. The predicted octanol–water partition coefficient (Wildman–Crippen LogP) is 2.17. The fraction of sp³-hybridized carbons (Fsp3) is 0.850. The van der Waals surface area contributed by atoms with Crippen LogP contribution in [0.1, 0.15) is 52.4 Å². The summed E-state index contributed by atoms with van der Waals surface area (Å²) in [5.74, 6) is 1.05. The summed E-state index contributed by atoms with van der Waals surface area (Å²) < 4.78 is 5.23. The lowest BCUT2D eigenvalue weighted by Gasteiger charge is -2.61. The number of nitrogens with one attached hydrogen (secondary N) is 1. The Morgan fingerprint density at radius 3 is 2.36 bits per heavy atom. The minimum absolute atomic E-state index is 0.159. The van der Waals surface area contributed by atoms with Crippen LogP contribution < -0.4 is 11.1 Å². The van der Waals surface area contributed by atoms with Crippen molar-refractivity contribution in [3.8, 4) is 0 Å². The van der Waals surface area contributed by atoms with Crippen molar-refractivity contribution in [1.29, 1.82) is 0 Å². The molecular weight excluding hydrogens is 362 g/mol. The summed E-state index contributed by atoms with van der Waals surface area (Å²) >= 11 is 0. The number of rotatable bonds is 4. The van der Waals surface area contributed by atoms with Crippen molar-refractivity contribution < 1.29 is 24.2 Å². The van der Waals surface area contributed by atoms with E-state index in [1.807, 2.05) is 0 Å². The quantitative estimate of drug-likeness (QED) is 0.676. The van der Waals surface area contributed by atoms with Gasteiger partial charge in [0.05, 0.1) is 18.2 Å². The lowest BCUT2D eigenvalue weighted by molar-refractivity contribution is -0.154. The first-order valence-electron chi connectivity index (χ1n) is 10.5. The first-order valence-corrected chi connectivity index (χ1v) is 10.5. The number of primary amides is 1. The van der Waals surface area contributed by atoms with Gasteiger partial charge in [0, 0.05) is 12.0 Å². The summed E-state index contributed by atoms with van der Waals surface area (Å²) in [6, 6.07) is -0.522. The smallest absolute Gasteiger partial charge is 0.407 e. The van der Waals surface area contributed by atoms with Crippen molar-refractivity contribution in [3.05, 3.63) is 0 Å². The van der Waals surface area contributed by atoms with Crippen molar-refractivity contribution in [2.45, 2.75) is 70.6 Å². The molecule has 4 atom stereocenters. The fourth-order valence-corrected chi connectivity index (χ4v) is 6.99. The van der Waals surface area contributed by atoms with Gasteiger partial charge in [-0.2, -0.15) is 0 Å². The van der Waals surface area contributed by atoms with E-state index >= 15 is 0 Å². The molecule has 4 saturated carbocycles. The highest BCUT2D eigenvalue weighted by Gasteiger charge is 2.61. The number of carboxylic acid groups (broad SMARTS) is 1. The Bertz CT molecular complexity index is 665. The number of hydrogen-bond acceptors (Lipinski definition) is 4. The molecule has 0 aromatic heterocycles. The van der Waals surface area contributed by atoms with Gasteiger partial charge < -0.3 is 25.8 Å². The molecule has 3 amide bonds. The zero-order chi connectivity index (χ0) is 20.2. The van der Waals surface area contributed by atoms with E-state index in [2.05, 4.69) is 5.32 Å². The number of hydrogen-bond donors (Lipinski definition) is 3. The van der Waals surface area contributed by atoms with Gasteiger partial charge in [0.25, 0.3) is 0 Å². The van der Waals surface area contributed by atoms with Crippen LogP contribution >= 0.6 is 0 Å². The molecule has 1 aliphatic heterocycles. The number of nitrogens with zero attached hydrogens (tertiary/aromatic N) is 1. The van der Waals surface area contributed by atoms with Gasteiger partial charge in [0.2, 0.25) is 5.91 Å². The number of alkyl carbamates (subject to hydrolysis) is 1. The van der Waals surface area contributed by atoms with Crippen molar-refractivity contribution in [2.75, 3.05) is 6.54 Å². The molecule has 5 rings (SSSR count). The Kier molecular flexibility index (Phi) is 4.70. The van der Waals surface area contributed by atoms with E-state index in [1.165, 1.54) is 4.90 Å². The third kappa shape index (κ3) is 3.10. The van der Waals surface area contributed by atoms with Crippen molar-refractivity contribution >= 4 is 18.1 Å². The van der Waals surface area contributed by atoms with E-state index in [0.717, 1.165) is 32.1 Å². The highest BCUT2D eigenvalue weighted by Crippen LogP contribution is 2.63. The third-order valence-electron chi connectivity index (χ3n) is 7.61. The van der Waals surface area contributed by atoms with Crippen LogP contribution in [0.4, 0.5) is 9.59 Å². The third-order valence-corrected chi connectivity index (χ3v) is 7.61. The van der Waals surface area contributed by atoms with Crippen molar-refractivity contribution in [3.63, 3.8) is 0 Å². The normalized spacial score (nSPS) is 41.3. The molecule has 4 bridgehead atoms. The number of amides is 3. The van der Waals surface area contributed by atoms with E-state index in [9.17, 15) is 19.5 Å². The standard InChI is InChI=1S/C20H31N3O5/c1-10(2)28-18(25)22-14-3-4-23(19(26)27)16(14)15-12-5-11-6-13(15)9-20(7-11,8-12)17(21)24/h10-16H,3-9H2,1-2H3,(H2,21,24)(H,22,25)(H,26,27)/t11?,12?,13?,14?,15?,16-,20?/m0/s1. The molecule has 28 heavy (non-hydrogen) atoms. The Morgan fingerprint density at radius 2 is 1.82 bits per heavy atom. The molecule has 3 unspecified atom stereocenters. The minimum atomic E-state index is -0.940. The average Bonchev–Trinajstić information content (AvgIpc) is 2.96. The van der Waals surface area contributed by atoms with Gasteiger partial charge in [-0.25, -0.2) is 9.59 Å². The van der Waals surface area contributed by atoms with Gasteiger partial charge in [0.1, 0.15) is 0 Å². The number of nitrogens with two attached hydrogens (primary N) is 1. The molecule has 0 aromatic rings. The van der Waals surface area contributed by atoms with Gasteiger partial charge in [0.15, 0.2) is 0 Å². The summed E-state index contributed by atoms with van der Waals surface area (Å²) in [5, 5.41) is 12.7. The second-order valence-corrected chi connectivity index (χ2v) is 9.65. The van der Waals surface area contributed by atoms with Gasteiger partial charge in [-0.1, -0.05) is 0 Å². The second kappa shape index (κ2) is 6.81. The fourth-order valence-electron chi connectivity index (χ4n) is 6.99. The lowest BCUT2D eigenvalue weighted by atomic mass is 9.44. The Balaban J connectivity index is 1.58. The minimum Gasteiger partial charge on any atom is -0.465 e. The van der Waals surface area contributed by atoms with Crippen LogP contribution in [0.3, 0.4) is 0 Å². The Hall–Kier alpha value is -1.99. The van der Waals surface area contributed by atoms with E-state index in [4.69, 9.17) is 10.5 Å². The number of carbonyl (C=O) groups excluding carboxylic acids is 2.